The van der Waals surface area contributed by atoms with Crippen LogP contribution in [0.15, 0.2) is 54.6 Å². The third kappa shape index (κ3) is 4.07. The first-order valence-corrected chi connectivity index (χ1v) is 6.43. The Morgan fingerprint density at radius 1 is 1.05 bits per heavy atom. The van der Waals surface area contributed by atoms with E-state index in [0.29, 0.717) is 17.2 Å². The van der Waals surface area contributed by atoms with Crippen LogP contribution in [0.4, 0.5) is 5.69 Å². The molecule has 2 rings (SSSR count). The van der Waals surface area contributed by atoms with Crippen molar-refractivity contribution < 1.29 is 19.4 Å². The van der Waals surface area contributed by atoms with Crippen LogP contribution < -0.4 is 10.1 Å². The molecule has 0 aliphatic rings. The number of rotatable bonds is 5. The molecule has 0 radical (unpaired) electrons. The molecule has 5 nitrogen and oxygen atoms in total. The normalized spacial score (nSPS) is 11.5. The Labute approximate surface area is 122 Å². The predicted octanol–water partition coefficient (Wildman–Crippen LogP) is 3.14. The lowest BCUT2D eigenvalue weighted by molar-refractivity contribution is -0.144. The van der Waals surface area contributed by atoms with Crippen LogP contribution >= 0.6 is 0 Å². The maximum atomic E-state index is 11.7. The van der Waals surface area contributed by atoms with E-state index in [0.717, 1.165) is 0 Å². The maximum Gasteiger partial charge on any atom is 0.315 e. The van der Waals surface area contributed by atoms with Gasteiger partial charge in [-0.25, -0.2) is 0 Å². The number of carbonyl (C=O) groups is 2. The first kappa shape index (κ1) is 14.6. The summed E-state index contributed by atoms with van der Waals surface area (Å²) in [7, 11) is 0. The molecule has 0 aliphatic heterocycles. The molecular weight excluding hydrogens is 270 g/mol. The van der Waals surface area contributed by atoms with E-state index in [1.807, 2.05) is 30.3 Å². The zero-order chi connectivity index (χ0) is 15.2. The Morgan fingerprint density at radius 2 is 1.71 bits per heavy atom. The Hall–Kier alpha value is -2.82. The highest BCUT2D eigenvalue weighted by atomic mass is 16.5. The van der Waals surface area contributed by atoms with E-state index < -0.39 is 17.8 Å². The molecule has 0 saturated heterocycles. The number of carbonyl (C=O) groups excluding carboxylic acids is 1. The molecule has 1 atom stereocenters. The summed E-state index contributed by atoms with van der Waals surface area (Å²) < 4.78 is 5.64. The second-order valence-electron chi connectivity index (χ2n) is 4.49. The average Bonchev–Trinajstić information content (AvgIpc) is 2.47. The lowest BCUT2D eigenvalue weighted by Gasteiger charge is -2.10. The summed E-state index contributed by atoms with van der Waals surface area (Å²) in [6.45, 7) is 1.34. The zero-order valence-electron chi connectivity index (χ0n) is 11.4. The predicted molar refractivity (Wildman–Crippen MR) is 78.4 cm³/mol. The Bertz CT molecular complexity index is 640. The maximum absolute atomic E-state index is 11.7. The van der Waals surface area contributed by atoms with E-state index in [9.17, 15) is 9.59 Å². The molecule has 0 aromatic heterocycles. The van der Waals surface area contributed by atoms with Gasteiger partial charge < -0.3 is 15.2 Å². The smallest absolute Gasteiger partial charge is 0.315 e. The Morgan fingerprint density at radius 3 is 2.38 bits per heavy atom. The SMILES string of the molecule is CC(C(=O)O)C(=O)Nc1cccc(Oc2ccccc2)c1. The molecule has 0 heterocycles. The molecule has 0 aliphatic carbocycles. The third-order valence-electron chi connectivity index (χ3n) is 2.84. The Balaban J connectivity index is 2.08. The molecule has 5 heteroatoms. The third-order valence-corrected chi connectivity index (χ3v) is 2.84. The second-order valence-corrected chi connectivity index (χ2v) is 4.49. The second kappa shape index (κ2) is 6.56. The number of aliphatic carboxylic acids is 1. The van der Waals surface area contributed by atoms with Crippen LogP contribution in [0.1, 0.15) is 6.92 Å². The van der Waals surface area contributed by atoms with Gasteiger partial charge in [0.15, 0.2) is 0 Å². The van der Waals surface area contributed by atoms with Crippen molar-refractivity contribution in [3.8, 4) is 11.5 Å². The minimum Gasteiger partial charge on any atom is -0.481 e. The molecule has 2 aromatic carbocycles. The standard InChI is InChI=1S/C16H15NO4/c1-11(16(19)20)15(18)17-12-6-5-9-14(10-12)21-13-7-3-2-4-8-13/h2-11H,1H3,(H,17,18)(H,19,20). The molecule has 108 valence electrons. The number of carboxylic acids is 1. The van der Waals surface area contributed by atoms with E-state index in [1.165, 1.54) is 6.92 Å². The number of carboxylic acid groups (broad SMARTS) is 1. The number of anilines is 1. The fraction of sp³-hybridized carbons (Fsp3) is 0.125. The molecule has 2 N–H and O–H groups in total. The van der Waals surface area contributed by atoms with Crippen molar-refractivity contribution >= 4 is 17.6 Å². The number of benzene rings is 2. The lowest BCUT2D eigenvalue weighted by atomic mass is 10.1. The summed E-state index contributed by atoms with van der Waals surface area (Å²) in [4.78, 5) is 22.4. The molecule has 21 heavy (non-hydrogen) atoms. The van der Waals surface area contributed by atoms with Crippen molar-refractivity contribution in [3.63, 3.8) is 0 Å². The number of amides is 1. The fourth-order valence-electron chi connectivity index (χ4n) is 1.62. The molecule has 0 bridgehead atoms. The van der Waals surface area contributed by atoms with E-state index >= 15 is 0 Å². The van der Waals surface area contributed by atoms with Crippen LogP contribution in [0.2, 0.25) is 0 Å². The van der Waals surface area contributed by atoms with Crippen molar-refractivity contribution in [1.29, 1.82) is 0 Å². The van der Waals surface area contributed by atoms with Crippen LogP contribution in [-0.2, 0) is 9.59 Å². The molecule has 0 spiro atoms. The van der Waals surface area contributed by atoms with Crippen molar-refractivity contribution in [2.24, 2.45) is 5.92 Å². The highest BCUT2D eigenvalue weighted by Crippen LogP contribution is 2.24. The molecule has 1 amide bonds. The molecular formula is C16H15NO4. The summed E-state index contributed by atoms with van der Waals surface area (Å²) in [5.74, 6) is -1.60. The highest BCUT2D eigenvalue weighted by Gasteiger charge is 2.20. The highest BCUT2D eigenvalue weighted by molar-refractivity contribution is 6.03. The quantitative estimate of drug-likeness (QED) is 0.827. The number of para-hydroxylation sites is 1. The van der Waals surface area contributed by atoms with Gasteiger partial charge in [-0.1, -0.05) is 24.3 Å². The van der Waals surface area contributed by atoms with Gasteiger partial charge in [0.05, 0.1) is 0 Å². The first-order chi connectivity index (χ1) is 10.1. The summed E-state index contributed by atoms with van der Waals surface area (Å²) >= 11 is 0. The number of ether oxygens (including phenoxy) is 1. The number of hydrogen-bond acceptors (Lipinski definition) is 3. The van der Waals surface area contributed by atoms with Gasteiger partial charge in [0, 0.05) is 11.8 Å². The summed E-state index contributed by atoms with van der Waals surface area (Å²) in [6, 6.07) is 16.0. The van der Waals surface area contributed by atoms with Gasteiger partial charge in [-0.05, 0) is 31.2 Å². The minimum atomic E-state index is -1.16. The van der Waals surface area contributed by atoms with Gasteiger partial charge in [-0.15, -0.1) is 0 Å². The van der Waals surface area contributed by atoms with E-state index in [1.54, 1.807) is 24.3 Å². The largest absolute Gasteiger partial charge is 0.481 e. The van der Waals surface area contributed by atoms with Crippen molar-refractivity contribution in [1.82, 2.24) is 0 Å². The van der Waals surface area contributed by atoms with Crippen LogP contribution in [0.5, 0.6) is 11.5 Å². The van der Waals surface area contributed by atoms with Crippen LogP contribution in [-0.4, -0.2) is 17.0 Å². The van der Waals surface area contributed by atoms with Crippen LogP contribution in [0, 0.1) is 5.92 Å². The van der Waals surface area contributed by atoms with Gasteiger partial charge in [-0.3, -0.25) is 9.59 Å². The summed E-state index contributed by atoms with van der Waals surface area (Å²) in [6.07, 6.45) is 0. The van der Waals surface area contributed by atoms with E-state index in [-0.39, 0.29) is 0 Å². The van der Waals surface area contributed by atoms with Crippen LogP contribution in [0.25, 0.3) is 0 Å². The fourth-order valence-corrected chi connectivity index (χ4v) is 1.62. The lowest BCUT2D eigenvalue weighted by Crippen LogP contribution is -2.26. The molecule has 2 aromatic rings. The molecule has 1 unspecified atom stereocenters. The number of hydrogen-bond donors (Lipinski definition) is 2. The number of nitrogens with one attached hydrogen (secondary N) is 1. The monoisotopic (exact) mass is 285 g/mol. The van der Waals surface area contributed by atoms with E-state index in [2.05, 4.69) is 5.32 Å². The molecule has 0 fully saturated rings. The van der Waals surface area contributed by atoms with Crippen molar-refractivity contribution in [3.05, 3.63) is 54.6 Å². The van der Waals surface area contributed by atoms with Crippen molar-refractivity contribution in [2.45, 2.75) is 6.92 Å². The topological polar surface area (TPSA) is 75.6 Å². The first-order valence-electron chi connectivity index (χ1n) is 6.43. The minimum absolute atomic E-state index is 0.488. The zero-order valence-corrected chi connectivity index (χ0v) is 11.4. The van der Waals surface area contributed by atoms with Gasteiger partial charge in [-0.2, -0.15) is 0 Å². The Kier molecular flexibility index (Phi) is 4.56. The van der Waals surface area contributed by atoms with Gasteiger partial charge in [0.1, 0.15) is 17.4 Å². The van der Waals surface area contributed by atoms with Gasteiger partial charge >= 0.3 is 5.97 Å². The summed E-state index contributed by atoms with van der Waals surface area (Å²) in [5, 5.41) is 11.3. The van der Waals surface area contributed by atoms with Gasteiger partial charge in [0.2, 0.25) is 5.91 Å². The van der Waals surface area contributed by atoms with Crippen molar-refractivity contribution in [2.75, 3.05) is 5.32 Å². The summed E-state index contributed by atoms with van der Waals surface area (Å²) in [5.41, 5.74) is 0.488. The van der Waals surface area contributed by atoms with Gasteiger partial charge in [0.25, 0.3) is 0 Å². The molecule has 0 saturated carbocycles. The van der Waals surface area contributed by atoms with E-state index in [4.69, 9.17) is 9.84 Å². The average molecular weight is 285 g/mol. The van der Waals surface area contributed by atoms with Crippen LogP contribution in [0.3, 0.4) is 0 Å².